The number of nitrogens with zero attached hydrogens (tertiary/aromatic N) is 1. The Morgan fingerprint density at radius 3 is 2.37 bits per heavy atom. The lowest BCUT2D eigenvalue weighted by Gasteiger charge is -2.20. The molecule has 6 heteroatoms. The summed E-state index contributed by atoms with van der Waals surface area (Å²) < 4.78 is 27.3. The van der Waals surface area contributed by atoms with Gasteiger partial charge in [-0.3, -0.25) is 4.79 Å². The number of likely N-dealkylation sites (N-methyl/N-ethyl adjacent to an activating group) is 1. The molecular weight excluding hydrogens is 318 g/mol. The summed E-state index contributed by atoms with van der Waals surface area (Å²) in [4.78, 5) is 13.7. The van der Waals surface area contributed by atoms with Gasteiger partial charge in [-0.05, 0) is 33.0 Å². The van der Waals surface area contributed by atoms with E-state index in [9.17, 15) is 13.6 Å². The topological polar surface area (TPSA) is 32.3 Å². The van der Waals surface area contributed by atoms with Crippen molar-refractivity contribution in [2.24, 2.45) is 0 Å². The predicted molar refractivity (Wildman–Crippen MR) is 74.2 cm³/mol. The minimum absolute atomic E-state index is 0.263. The zero-order valence-corrected chi connectivity index (χ0v) is 12.7. The maximum absolute atomic E-state index is 13.5. The summed E-state index contributed by atoms with van der Waals surface area (Å²) in [6, 6.07) is 2.48. The fraction of sp³-hybridized carbons (Fsp3) is 0.462. The van der Waals surface area contributed by atoms with Crippen LogP contribution in [0.3, 0.4) is 0 Å². The maximum atomic E-state index is 13.5. The molecule has 0 saturated heterocycles. The molecule has 0 fully saturated rings. The molecule has 0 atom stereocenters. The molecule has 0 bridgehead atoms. The molecule has 19 heavy (non-hydrogen) atoms. The van der Waals surface area contributed by atoms with Gasteiger partial charge in [0.15, 0.2) is 0 Å². The van der Waals surface area contributed by atoms with Gasteiger partial charge in [0.1, 0.15) is 17.2 Å². The third kappa shape index (κ3) is 4.54. The van der Waals surface area contributed by atoms with Crippen molar-refractivity contribution in [3.63, 3.8) is 0 Å². The third-order valence-electron chi connectivity index (χ3n) is 2.87. The number of carbonyl (C=O) groups excluding carboxylic acids is 1. The summed E-state index contributed by atoms with van der Waals surface area (Å²) in [7, 11) is 1.91. The molecule has 0 unspecified atom stereocenters. The van der Waals surface area contributed by atoms with Crippen molar-refractivity contribution in [3.8, 4) is 0 Å². The predicted octanol–water partition coefficient (Wildman–Crippen LogP) is 2.80. The van der Waals surface area contributed by atoms with Crippen LogP contribution in [0.2, 0.25) is 0 Å². The van der Waals surface area contributed by atoms with E-state index in [4.69, 9.17) is 0 Å². The first-order chi connectivity index (χ1) is 8.82. The van der Waals surface area contributed by atoms with Gasteiger partial charge in [-0.1, -0.05) is 15.9 Å². The summed E-state index contributed by atoms with van der Waals surface area (Å²) in [6.07, 6.45) is 0. The number of amides is 1. The first-order valence-electron chi connectivity index (χ1n) is 5.96. The van der Waals surface area contributed by atoms with Crippen molar-refractivity contribution in [1.29, 1.82) is 0 Å². The van der Waals surface area contributed by atoms with Gasteiger partial charge >= 0.3 is 0 Å². The highest BCUT2D eigenvalue weighted by Gasteiger charge is 2.18. The molecule has 0 heterocycles. The van der Waals surface area contributed by atoms with Crippen LogP contribution in [0, 0.1) is 11.6 Å². The molecule has 1 amide bonds. The SMILES string of the molecule is CC(C)N(C)CCNC(=O)c1c(F)cc(Br)cc1F. The molecule has 0 aromatic heterocycles. The Morgan fingerprint density at radius 2 is 1.89 bits per heavy atom. The normalized spacial score (nSPS) is 11.2. The monoisotopic (exact) mass is 334 g/mol. The number of halogens is 3. The Morgan fingerprint density at radius 1 is 1.37 bits per heavy atom. The molecule has 0 aliphatic rings. The highest BCUT2D eigenvalue weighted by molar-refractivity contribution is 9.10. The van der Waals surface area contributed by atoms with E-state index < -0.39 is 23.1 Å². The molecule has 0 aliphatic carbocycles. The van der Waals surface area contributed by atoms with E-state index in [0.29, 0.717) is 19.1 Å². The van der Waals surface area contributed by atoms with E-state index in [1.165, 1.54) is 0 Å². The van der Waals surface area contributed by atoms with Crippen LogP contribution in [0.4, 0.5) is 8.78 Å². The quantitative estimate of drug-likeness (QED) is 0.898. The zero-order valence-electron chi connectivity index (χ0n) is 11.1. The molecule has 1 N–H and O–H groups in total. The maximum Gasteiger partial charge on any atom is 0.257 e. The van der Waals surface area contributed by atoms with E-state index >= 15 is 0 Å². The number of carbonyl (C=O) groups is 1. The number of hydrogen-bond donors (Lipinski definition) is 1. The van der Waals surface area contributed by atoms with E-state index in [-0.39, 0.29) is 4.47 Å². The Bertz CT molecular complexity index is 443. The zero-order chi connectivity index (χ0) is 14.6. The Labute approximate surface area is 120 Å². The Balaban J connectivity index is 2.64. The van der Waals surface area contributed by atoms with Crippen molar-refractivity contribution in [2.75, 3.05) is 20.1 Å². The van der Waals surface area contributed by atoms with E-state index in [1.54, 1.807) is 0 Å². The van der Waals surface area contributed by atoms with Gasteiger partial charge in [-0.2, -0.15) is 0 Å². The average Bonchev–Trinajstić information content (AvgIpc) is 2.26. The van der Waals surface area contributed by atoms with Crippen LogP contribution in [0.5, 0.6) is 0 Å². The molecule has 3 nitrogen and oxygen atoms in total. The van der Waals surface area contributed by atoms with Gasteiger partial charge in [0.05, 0.1) is 0 Å². The smallest absolute Gasteiger partial charge is 0.257 e. The van der Waals surface area contributed by atoms with Crippen molar-refractivity contribution >= 4 is 21.8 Å². The standard InChI is InChI=1S/C13H17BrF2N2O/c1-8(2)18(3)5-4-17-13(19)12-10(15)6-9(14)7-11(12)16/h6-8H,4-5H2,1-3H3,(H,17,19). The minimum atomic E-state index is -0.874. The molecular formula is C13H17BrF2N2O. The van der Waals surface area contributed by atoms with Crippen LogP contribution in [-0.4, -0.2) is 37.0 Å². The second kappa shape index (κ2) is 6.96. The fourth-order valence-corrected chi connectivity index (χ4v) is 1.85. The lowest BCUT2D eigenvalue weighted by molar-refractivity contribution is 0.0939. The van der Waals surface area contributed by atoms with Crippen molar-refractivity contribution in [3.05, 3.63) is 33.8 Å². The molecule has 0 saturated carbocycles. The van der Waals surface area contributed by atoms with Crippen molar-refractivity contribution in [1.82, 2.24) is 10.2 Å². The summed E-state index contributed by atoms with van der Waals surface area (Å²) >= 11 is 2.97. The lowest BCUT2D eigenvalue weighted by atomic mass is 10.2. The van der Waals surface area contributed by atoms with Gasteiger partial charge < -0.3 is 10.2 Å². The van der Waals surface area contributed by atoms with Gasteiger partial charge in [-0.15, -0.1) is 0 Å². The van der Waals surface area contributed by atoms with Crippen molar-refractivity contribution < 1.29 is 13.6 Å². The average molecular weight is 335 g/mol. The van der Waals surface area contributed by atoms with E-state index in [0.717, 1.165) is 12.1 Å². The molecule has 106 valence electrons. The summed E-state index contributed by atoms with van der Waals surface area (Å²) in [6.45, 7) is 5.00. The molecule has 0 radical (unpaired) electrons. The minimum Gasteiger partial charge on any atom is -0.351 e. The number of nitrogens with one attached hydrogen (secondary N) is 1. The Hall–Kier alpha value is -1.01. The van der Waals surface area contributed by atoms with Crippen LogP contribution in [0.15, 0.2) is 16.6 Å². The van der Waals surface area contributed by atoms with E-state index in [1.807, 2.05) is 25.8 Å². The summed E-state index contributed by atoms with van der Waals surface area (Å²) in [5, 5.41) is 2.51. The second-order valence-corrected chi connectivity index (χ2v) is 5.49. The van der Waals surface area contributed by atoms with Crippen LogP contribution < -0.4 is 5.32 Å². The summed E-state index contributed by atoms with van der Waals surface area (Å²) in [5.74, 6) is -2.48. The van der Waals surface area contributed by atoms with E-state index in [2.05, 4.69) is 21.2 Å². The second-order valence-electron chi connectivity index (χ2n) is 4.57. The van der Waals surface area contributed by atoms with Crippen LogP contribution >= 0.6 is 15.9 Å². The Kier molecular flexibility index (Phi) is 5.87. The lowest BCUT2D eigenvalue weighted by Crippen LogP contribution is -2.36. The molecule has 1 aromatic carbocycles. The highest BCUT2D eigenvalue weighted by Crippen LogP contribution is 2.19. The van der Waals surface area contributed by atoms with Gasteiger partial charge in [0.25, 0.3) is 5.91 Å². The number of benzene rings is 1. The fourth-order valence-electron chi connectivity index (χ4n) is 1.45. The van der Waals surface area contributed by atoms with Crippen LogP contribution in [-0.2, 0) is 0 Å². The number of rotatable bonds is 5. The van der Waals surface area contributed by atoms with Gasteiger partial charge in [0, 0.05) is 23.6 Å². The third-order valence-corrected chi connectivity index (χ3v) is 3.32. The summed E-state index contributed by atoms with van der Waals surface area (Å²) in [5.41, 5.74) is -0.546. The number of hydrogen-bond acceptors (Lipinski definition) is 2. The van der Waals surface area contributed by atoms with Crippen LogP contribution in [0.1, 0.15) is 24.2 Å². The van der Waals surface area contributed by atoms with Gasteiger partial charge in [-0.25, -0.2) is 8.78 Å². The molecule has 0 spiro atoms. The first-order valence-corrected chi connectivity index (χ1v) is 6.75. The first kappa shape index (κ1) is 16.0. The van der Waals surface area contributed by atoms with Crippen LogP contribution in [0.25, 0.3) is 0 Å². The largest absolute Gasteiger partial charge is 0.351 e. The van der Waals surface area contributed by atoms with Crippen molar-refractivity contribution in [2.45, 2.75) is 19.9 Å². The highest BCUT2D eigenvalue weighted by atomic mass is 79.9. The molecule has 0 aliphatic heterocycles. The van der Waals surface area contributed by atoms with Gasteiger partial charge in [0.2, 0.25) is 0 Å². The molecule has 1 rings (SSSR count). The molecule has 1 aromatic rings.